The van der Waals surface area contributed by atoms with Gasteiger partial charge in [0.05, 0.1) is 17.6 Å². The average Bonchev–Trinajstić information content (AvgIpc) is 2.90. The summed E-state index contributed by atoms with van der Waals surface area (Å²) in [5.41, 5.74) is 0.0553. The number of hydrogen-bond acceptors (Lipinski definition) is 6. The van der Waals surface area contributed by atoms with Gasteiger partial charge in [0.15, 0.2) is 11.5 Å². The van der Waals surface area contributed by atoms with Crippen LogP contribution in [0.1, 0.15) is 23.8 Å². The van der Waals surface area contributed by atoms with Crippen LogP contribution in [0.3, 0.4) is 0 Å². The second kappa shape index (κ2) is 10.4. The van der Waals surface area contributed by atoms with Crippen molar-refractivity contribution in [3.63, 3.8) is 0 Å². The van der Waals surface area contributed by atoms with E-state index in [2.05, 4.69) is 0 Å². The summed E-state index contributed by atoms with van der Waals surface area (Å²) in [6, 6.07) is 15.1. The minimum Gasteiger partial charge on any atom is -0.490 e. The highest BCUT2D eigenvalue weighted by molar-refractivity contribution is 5.84. The second-order valence-corrected chi connectivity index (χ2v) is 8.69. The molecule has 0 radical (unpaired) electrons. The Labute approximate surface area is 215 Å². The van der Waals surface area contributed by atoms with Crippen molar-refractivity contribution in [1.82, 2.24) is 4.90 Å². The van der Waals surface area contributed by atoms with Gasteiger partial charge in [0.1, 0.15) is 23.9 Å². The van der Waals surface area contributed by atoms with Crippen LogP contribution in [0.25, 0.3) is 11.0 Å². The maximum absolute atomic E-state index is 14.1. The number of alkyl halides is 3. The molecule has 10 heteroatoms. The van der Waals surface area contributed by atoms with Crippen LogP contribution >= 0.6 is 0 Å². The van der Waals surface area contributed by atoms with Crippen molar-refractivity contribution in [2.75, 3.05) is 19.9 Å². The summed E-state index contributed by atoms with van der Waals surface area (Å²) in [6.07, 6.45) is -4.44. The minimum atomic E-state index is -5.01. The van der Waals surface area contributed by atoms with Gasteiger partial charge in [0.2, 0.25) is 11.2 Å². The van der Waals surface area contributed by atoms with Gasteiger partial charge in [-0.2, -0.15) is 13.2 Å². The summed E-state index contributed by atoms with van der Waals surface area (Å²) in [5, 5.41) is -0.0652. The van der Waals surface area contributed by atoms with Crippen LogP contribution < -0.4 is 19.6 Å². The fraction of sp³-hybridized carbons (Fsp3) is 0.250. The van der Waals surface area contributed by atoms with Crippen molar-refractivity contribution in [2.24, 2.45) is 0 Å². The van der Waals surface area contributed by atoms with E-state index in [0.717, 1.165) is 5.56 Å². The first kappa shape index (κ1) is 25.6. The summed E-state index contributed by atoms with van der Waals surface area (Å²) in [4.78, 5) is 15.2. The Kier molecular flexibility index (Phi) is 6.98. The Balaban J connectivity index is 1.52. The molecule has 0 saturated carbocycles. The molecule has 1 aliphatic rings. The fourth-order valence-corrected chi connectivity index (χ4v) is 4.27. The number of halogens is 4. The highest BCUT2D eigenvalue weighted by atomic mass is 19.4. The number of benzene rings is 3. The van der Waals surface area contributed by atoms with Gasteiger partial charge in [-0.05, 0) is 55.3 Å². The molecule has 2 heterocycles. The standard InChI is InChI=1S/C28H23F4NO5/c1-2-35-22-5-3-4-6-23(22)37-26-24(34)19-11-12-21-20(25(19)38-27(26)28(30,31)32)15-33(16-36-21)14-13-17-7-9-18(29)10-8-17/h3-12H,2,13-16H2,1H3. The average molecular weight is 529 g/mol. The number of hydrogen-bond donors (Lipinski definition) is 0. The van der Waals surface area contributed by atoms with Gasteiger partial charge >= 0.3 is 6.18 Å². The van der Waals surface area contributed by atoms with Crippen molar-refractivity contribution in [2.45, 2.75) is 26.1 Å². The van der Waals surface area contributed by atoms with E-state index >= 15 is 0 Å². The highest BCUT2D eigenvalue weighted by Gasteiger charge is 2.41. The largest absolute Gasteiger partial charge is 0.490 e. The zero-order chi connectivity index (χ0) is 26.9. The summed E-state index contributed by atoms with van der Waals surface area (Å²) < 4.78 is 77.7. The highest BCUT2D eigenvalue weighted by Crippen LogP contribution is 2.42. The van der Waals surface area contributed by atoms with E-state index in [-0.39, 0.29) is 48.2 Å². The summed E-state index contributed by atoms with van der Waals surface area (Å²) in [7, 11) is 0. The van der Waals surface area contributed by atoms with Crippen molar-refractivity contribution in [3.8, 4) is 23.0 Å². The van der Waals surface area contributed by atoms with E-state index in [4.69, 9.17) is 18.6 Å². The first-order chi connectivity index (χ1) is 18.2. The third-order valence-corrected chi connectivity index (χ3v) is 6.11. The monoisotopic (exact) mass is 529 g/mol. The topological polar surface area (TPSA) is 61.1 Å². The molecule has 0 spiro atoms. The van der Waals surface area contributed by atoms with Gasteiger partial charge in [-0.1, -0.05) is 24.3 Å². The molecule has 6 nitrogen and oxygen atoms in total. The Hall–Kier alpha value is -4.05. The van der Waals surface area contributed by atoms with Crippen LogP contribution in [-0.2, 0) is 19.1 Å². The zero-order valence-electron chi connectivity index (χ0n) is 20.3. The smallest absolute Gasteiger partial charge is 0.453 e. The van der Waals surface area contributed by atoms with E-state index in [1.54, 1.807) is 31.2 Å². The van der Waals surface area contributed by atoms with Gasteiger partial charge in [0.25, 0.3) is 5.76 Å². The summed E-state index contributed by atoms with van der Waals surface area (Å²) >= 11 is 0. The molecule has 3 aromatic carbocycles. The van der Waals surface area contributed by atoms with Crippen molar-refractivity contribution >= 4 is 11.0 Å². The number of ether oxygens (including phenoxy) is 3. The SMILES string of the molecule is CCOc1ccccc1Oc1c(C(F)(F)F)oc2c3c(ccc2c1=O)OCN(CCc1ccc(F)cc1)C3. The molecule has 0 aliphatic carbocycles. The molecule has 1 aromatic heterocycles. The molecule has 0 atom stereocenters. The van der Waals surface area contributed by atoms with Crippen LogP contribution in [0, 0.1) is 5.82 Å². The van der Waals surface area contributed by atoms with E-state index in [1.807, 2.05) is 4.90 Å². The molecule has 0 N–H and O–H groups in total. The van der Waals surface area contributed by atoms with Crippen molar-refractivity contribution in [1.29, 1.82) is 0 Å². The predicted octanol–water partition coefficient (Wildman–Crippen LogP) is 6.54. The van der Waals surface area contributed by atoms with E-state index < -0.39 is 23.1 Å². The number of fused-ring (bicyclic) bond motifs is 3. The lowest BCUT2D eigenvalue weighted by Crippen LogP contribution is -2.34. The molecule has 38 heavy (non-hydrogen) atoms. The Morgan fingerprint density at radius 2 is 1.74 bits per heavy atom. The van der Waals surface area contributed by atoms with Crippen LogP contribution in [0.2, 0.25) is 0 Å². The van der Waals surface area contributed by atoms with Gasteiger partial charge in [-0.15, -0.1) is 0 Å². The predicted molar refractivity (Wildman–Crippen MR) is 131 cm³/mol. The lowest BCUT2D eigenvalue weighted by molar-refractivity contribution is -0.154. The van der Waals surface area contributed by atoms with Gasteiger partial charge in [-0.25, -0.2) is 4.39 Å². The first-order valence-electron chi connectivity index (χ1n) is 11.9. The van der Waals surface area contributed by atoms with E-state index in [1.165, 1.54) is 36.4 Å². The molecular weight excluding hydrogens is 506 g/mol. The lowest BCUT2D eigenvalue weighted by Gasteiger charge is -2.29. The molecular formula is C28H23F4NO5. The Morgan fingerprint density at radius 1 is 1.00 bits per heavy atom. The molecule has 1 aliphatic heterocycles. The Bertz CT molecular complexity index is 1520. The lowest BCUT2D eigenvalue weighted by atomic mass is 10.1. The number of nitrogens with zero attached hydrogens (tertiary/aromatic N) is 1. The van der Waals surface area contributed by atoms with Crippen LogP contribution in [0.4, 0.5) is 17.6 Å². The Morgan fingerprint density at radius 3 is 2.45 bits per heavy atom. The molecule has 0 fully saturated rings. The van der Waals surface area contributed by atoms with E-state index in [9.17, 15) is 22.4 Å². The van der Waals surface area contributed by atoms with Crippen molar-refractivity contribution < 1.29 is 36.2 Å². The zero-order valence-corrected chi connectivity index (χ0v) is 20.3. The van der Waals surface area contributed by atoms with Gasteiger partial charge in [-0.3, -0.25) is 9.69 Å². The molecule has 198 valence electrons. The minimum absolute atomic E-state index is 0.0419. The van der Waals surface area contributed by atoms with E-state index in [0.29, 0.717) is 24.3 Å². The summed E-state index contributed by atoms with van der Waals surface area (Å²) in [5.74, 6) is -2.36. The number of para-hydroxylation sites is 2. The molecule has 4 aromatic rings. The molecule has 0 amide bonds. The maximum Gasteiger partial charge on any atom is 0.453 e. The normalized spacial score (nSPS) is 13.7. The molecule has 0 unspecified atom stereocenters. The van der Waals surface area contributed by atoms with Gasteiger partial charge < -0.3 is 18.6 Å². The number of rotatable bonds is 7. The molecule has 5 rings (SSSR count). The summed E-state index contributed by atoms with van der Waals surface area (Å²) in [6.45, 7) is 2.86. The van der Waals surface area contributed by atoms with Gasteiger partial charge in [0, 0.05) is 13.1 Å². The maximum atomic E-state index is 14.1. The third kappa shape index (κ3) is 5.17. The fourth-order valence-electron chi connectivity index (χ4n) is 4.27. The van der Waals surface area contributed by atoms with Crippen molar-refractivity contribution in [3.05, 3.63) is 93.6 Å². The third-order valence-electron chi connectivity index (χ3n) is 6.11. The van der Waals surface area contributed by atoms with Crippen LogP contribution in [0.15, 0.2) is 69.9 Å². The van der Waals surface area contributed by atoms with Crippen LogP contribution in [-0.4, -0.2) is 24.8 Å². The molecule has 0 bridgehead atoms. The second-order valence-electron chi connectivity index (χ2n) is 8.69. The first-order valence-corrected chi connectivity index (χ1v) is 11.9. The quantitative estimate of drug-likeness (QED) is 0.254. The molecule has 0 saturated heterocycles. The van der Waals surface area contributed by atoms with Crippen LogP contribution in [0.5, 0.6) is 23.0 Å².